The number of fused-ring (bicyclic) bond motifs is 3. The molecule has 0 atom stereocenters. The molecule has 1 amide bonds. The van der Waals surface area contributed by atoms with Crippen molar-refractivity contribution in [3.8, 4) is 11.4 Å². The van der Waals surface area contributed by atoms with Crippen LogP contribution >= 0.6 is 0 Å². The van der Waals surface area contributed by atoms with Gasteiger partial charge in [-0.25, -0.2) is 0 Å². The number of aromatic nitrogens is 3. The van der Waals surface area contributed by atoms with Gasteiger partial charge in [-0.2, -0.15) is 4.98 Å². The molecule has 7 nitrogen and oxygen atoms in total. The number of carbonyl (C=O) groups is 1. The Morgan fingerprint density at radius 1 is 0.946 bits per heavy atom. The van der Waals surface area contributed by atoms with Gasteiger partial charge in [0.1, 0.15) is 0 Å². The Labute approximate surface area is 215 Å². The van der Waals surface area contributed by atoms with Gasteiger partial charge in [0, 0.05) is 49.7 Å². The number of hydrogen-bond donors (Lipinski definition) is 0. The number of carbonyl (C=O) groups excluding carboxylic acids is 1. The number of benzene rings is 3. The molecule has 0 bridgehead atoms. The number of pyridine rings is 1. The Hall–Kier alpha value is -4.10. The lowest BCUT2D eigenvalue weighted by molar-refractivity contribution is 0.0637. The molecule has 2 aromatic heterocycles. The Kier molecular flexibility index (Phi) is 6.37. The summed E-state index contributed by atoms with van der Waals surface area (Å²) >= 11 is 0. The Bertz CT molecular complexity index is 1550. The van der Waals surface area contributed by atoms with Crippen LogP contribution in [0.3, 0.4) is 0 Å². The van der Waals surface area contributed by atoms with Gasteiger partial charge in [-0.1, -0.05) is 65.3 Å². The predicted octanol–water partition coefficient (Wildman–Crippen LogP) is 5.14. The molecule has 7 heteroatoms. The van der Waals surface area contributed by atoms with E-state index in [-0.39, 0.29) is 5.91 Å². The number of amides is 1. The van der Waals surface area contributed by atoms with E-state index < -0.39 is 0 Å². The molecule has 1 aliphatic heterocycles. The van der Waals surface area contributed by atoms with E-state index in [1.807, 2.05) is 47.4 Å². The summed E-state index contributed by atoms with van der Waals surface area (Å²) in [7, 11) is 0. The van der Waals surface area contributed by atoms with Gasteiger partial charge in [-0.3, -0.25) is 14.7 Å². The molecule has 186 valence electrons. The molecule has 0 N–H and O–H groups in total. The van der Waals surface area contributed by atoms with Crippen molar-refractivity contribution in [3.05, 3.63) is 89.9 Å². The topological polar surface area (TPSA) is 75.4 Å². The molecule has 0 spiro atoms. The van der Waals surface area contributed by atoms with Gasteiger partial charge in [0.25, 0.3) is 5.91 Å². The molecule has 1 saturated heterocycles. The minimum absolute atomic E-state index is 0.0589. The summed E-state index contributed by atoms with van der Waals surface area (Å²) in [6.07, 6.45) is 3.44. The fraction of sp³-hybridized carbons (Fsp3) is 0.267. The van der Waals surface area contributed by atoms with Gasteiger partial charge in [-0.05, 0) is 42.8 Å². The zero-order chi connectivity index (χ0) is 25.2. The van der Waals surface area contributed by atoms with Gasteiger partial charge in [0.2, 0.25) is 11.7 Å². The standard InChI is InChI=1S/C30H29N5O2/c1-21-10-12-22(13-11-21)29-32-27(37-33-29)9-5-15-34-16-18-35(19-17-34)30(36)26-20-23-6-2-3-7-24(23)25-8-4-14-31-28(25)26/h2-4,6-8,10-14,20H,5,9,15-19H2,1H3. The lowest BCUT2D eigenvalue weighted by Gasteiger charge is -2.34. The van der Waals surface area contributed by atoms with E-state index in [9.17, 15) is 4.79 Å². The van der Waals surface area contributed by atoms with Crippen LogP contribution in [0.1, 0.15) is 28.2 Å². The van der Waals surface area contributed by atoms with E-state index in [0.29, 0.717) is 30.4 Å². The average Bonchev–Trinajstić information content (AvgIpc) is 3.42. The predicted molar refractivity (Wildman–Crippen MR) is 144 cm³/mol. The van der Waals surface area contributed by atoms with Gasteiger partial charge < -0.3 is 9.42 Å². The molecule has 0 saturated carbocycles. The van der Waals surface area contributed by atoms with Gasteiger partial charge in [0.15, 0.2) is 0 Å². The van der Waals surface area contributed by atoms with Crippen LogP contribution in [-0.2, 0) is 6.42 Å². The van der Waals surface area contributed by atoms with Crippen LogP contribution in [-0.4, -0.2) is 63.6 Å². The maximum atomic E-state index is 13.5. The Balaban J connectivity index is 1.06. The number of aryl methyl sites for hydroxylation is 2. The second-order valence-electron chi connectivity index (χ2n) is 9.66. The van der Waals surface area contributed by atoms with Crippen LogP contribution in [0.4, 0.5) is 0 Å². The minimum Gasteiger partial charge on any atom is -0.339 e. The lowest BCUT2D eigenvalue weighted by atomic mass is 10.00. The van der Waals surface area contributed by atoms with Crippen molar-refractivity contribution in [2.45, 2.75) is 19.8 Å². The van der Waals surface area contributed by atoms with Crippen LogP contribution < -0.4 is 0 Å². The molecule has 1 aliphatic rings. The van der Waals surface area contributed by atoms with Crippen molar-refractivity contribution in [3.63, 3.8) is 0 Å². The lowest BCUT2D eigenvalue weighted by Crippen LogP contribution is -2.49. The van der Waals surface area contributed by atoms with E-state index >= 15 is 0 Å². The van der Waals surface area contributed by atoms with Crippen LogP contribution in [0, 0.1) is 6.92 Å². The smallest absolute Gasteiger partial charge is 0.256 e. The quantitative estimate of drug-likeness (QED) is 0.306. The molecule has 0 radical (unpaired) electrons. The van der Waals surface area contributed by atoms with Crippen LogP contribution in [0.5, 0.6) is 0 Å². The van der Waals surface area contributed by atoms with Gasteiger partial charge in [0.05, 0.1) is 11.1 Å². The molecule has 37 heavy (non-hydrogen) atoms. The number of hydrogen-bond acceptors (Lipinski definition) is 6. The Morgan fingerprint density at radius 3 is 2.57 bits per heavy atom. The number of rotatable bonds is 6. The van der Waals surface area contributed by atoms with Crippen molar-refractivity contribution in [2.75, 3.05) is 32.7 Å². The highest BCUT2D eigenvalue weighted by Crippen LogP contribution is 2.28. The van der Waals surface area contributed by atoms with Crippen LogP contribution in [0.15, 0.2) is 77.4 Å². The fourth-order valence-corrected chi connectivity index (χ4v) is 5.07. The van der Waals surface area contributed by atoms with Crippen molar-refractivity contribution < 1.29 is 9.32 Å². The third kappa shape index (κ3) is 4.82. The summed E-state index contributed by atoms with van der Waals surface area (Å²) in [6.45, 7) is 6.11. The average molecular weight is 492 g/mol. The Morgan fingerprint density at radius 2 is 1.73 bits per heavy atom. The first-order valence-electron chi connectivity index (χ1n) is 12.8. The van der Waals surface area contributed by atoms with Crippen LogP contribution in [0.2, 0.25) is 0 Å². The summed E-state index contributed by atoms with van der Waals surface area (Å²) in [5, 5.41) is 7.34. The van der Waals surface area contributed by atoms with E-state index in [1.54, 1.807) is 6.20 Å². The summed E-state index contributed by atoms with van der Waals surface area (Å²) < 4.78 is 5.46. The highest BCUT2D eigenvalue weighted by Gasteiger charge is 2.24. The second kappa shape index (κ2) is 10.1. The van der Waals surface area contributed by atoms with Crippen molar-refractivity contribution in [2.24, 2.45) is 0 Å². The first-order valence-corrected chi connectivity index (χ1v) is 12.8. The maximum absolute atomic E-state index is 13.5. The molecule has 3 aromatic carbocycles. The molecule has 3 heterocycles. The van der Waals surface area contributed by atoms with Gasteiger partial charge in [-0.15, -0.1) is 0 Å². The van der Waals surface area contributed by atoms with Gasteiger partial charge >= 0.3 is 0 Å². The molecular weight excluding hydrogens is 462 g/mol. The van der Waals surface area contributed by atoms with Crippen molar-refractivity contribution in [1.29, 1.82) is 0 Å². The summed E-state index contributed by atoms with van der Waals surface area (Å²) in [6, 6.07) is 22.3. The highest BCUT2D eigenvalue weighted by atomic mass is 16.5. The van der Waals surface area contributed by atoms with E-state index in [2.05, 4.69) is 51.2 Å². The highest BCUT2D eigenvalue weighted by molar-refractivity contribution is 6.15. The first kappa shape index (κ1) is 23.3. The monoisotopic (exact) mass is 491 g/mol. The summed E-state index contributed by atoms with van der Waals surface area (Å²) in [5.74, 6) is 1.36. The SMILES string of the molecule is Cc1ccc(-c2noc(CCCN3CCN(C(=O)c4cc5ccccc5c5cccnc45)CC3)n2)cc1. The van der Waals surface area contributed by atoms with E-state index in [0.717, 1.165) is 59.7 Å². The maximum Gasteiger partial charge on any atom is 0.256 e. The van der Waals surface area contributed by atoms with E-state index in [4.69, 9.17) is 4.52 Å². The summed E-state index contributed by atoms with van der Waals surface area (Å²) in [5.41, 5.74) is 3.63. The normalized spacial score (nSPS) is 14.5. The van der Waals surface area contributed by atoms with E-state index in [1.165, 1.54) is 5.56 Å². The number of nitrogens with zero attached hydrogens (tertiary/aromatic N) is 5. The van der Waals surface area contributed by atoms with Crippen molar-refractivity contribution in [1.82, 2.24) is 24.9 Å². The largest absolute Gasteiger partial charge is 0.339 e. The fourth-order valence-electron chi connectivity index (χ4n) is 5.07. The molecular formula is C30H29N5O2. The third-order valence-electron chi connectivity index (χ3n) is 7.15. The summed E-state index contributed by atoms with van der Waals surface area (Å²) in [4.78, 5) is 27.0. The molecule has 5 aromatic rings. The molecule has 0 aliphatic carbocycles. The van der Waals surface area contributed by atoms with Crippen molar-refractivity contribution >= 4 is 27.6 Å². The third-order valence-corrected chi connectivity index (χ3v) is 7.15. The van der Waals surface area contributed by atoms with Crippen LogP contribution in [0.25, 0.3) is 33.1 Å². The minimum atomic E-state index is 0.0589. The number of piperazine rings is 1. The molecule has 1 fully saturated rings. The zero-order valence-electron chi connectivity index (χ0n) is 20.9. The second-order valence-corrected chi connectivity index (χ2v) is 9.66. The zero-order valence-corrected chi connectivity index (χ0v) is 20.9. The molecule has 0 unspecified atom stereocenters. The first-order chi connectivity index (χ1) is 18.2. The molecule has 6 rings (SSSR count).